The van der Waals surface area contributed by atoms with Crippen LogP contribution in [0.2, 0.25) is 0 Å². The Kier molecular flexibility index (Phi) is 8.94. The van der Waals surface area contributed by atoms with E-state index in [1.165, 1.54) is 6.08 Å². The van der Waals surface area contributed by atoms with Crippen molar-refractivity contribution in [2.24, 2.45) is 0 Å². The number of amides is 1. The van der Waals surface area contributed by atoms with E-state index in [1.54, 1.807) is 43.5 Å². The Morgan fingerprint density at radius 1 is 1.31 bits per heavy atom. The van der Waals surface area contributed by atoms with Gasteiger partial charge in [0.25, 0.3) is 0 Å². The number of carbonyl (C=O) groups excluding carboxylic acids is 1. The molecule has 0 aliphatic carbocycles. The molecule has 0 bridgehead atoms. The van der Waals surface area contributed by atoms with Gasteiger partial charge in [-0.2, -0.15) is 10.1 Å². The molecule has 202 valence electrons. The van der Waals surface area contributed by atoms with Gasteiger partial charge in [-0.3, -0.25) is 9.89 Å². The molecule has 11 nitrogen and oxygen atoms in total. The first-order valence-electron chi connectivity index (χ1n) is 12.5. The van der Waals surface area contributed by atoms with E-state index in [4.69, 9.17) is 16.1 Å². The predicted molar refractivity (Wildman–Crippen MR) is 153 cm³/mol. The lowest BCUT2D eigenvalue weighted by atomic mass is 10.1. The van der Waals surface area contributed by atoms with Crippen LogP contribution in [-0.4, -0.2) is 83.0 Å². The Labute approximate surface area is 227 Å². The predicted octanol–water partition coefficient (Wildman–Crippen LogP) is 2.79. The zero-order valence-corrected chi connectivity index (χ0v) is 22.2. The van der Waals surface area contributed by atoms with Crippen LogP contribution in [0.3, 0.4) is 0 Å². The van der Waals surface area contributed by atoms with E-state index >= 15 is 0 Å². The van der Waals surface area contributed by atoms with Gasteiger partial charge >= 0.3 is 0 Å². The SMILES string of the molecule is C#C/C(=C\C(=CC)NC(=O)/C=C/CN(C)C)c1nc(Nc2ccc(O)c(N3CCOCC3)c2)nc2[nH]ncc12. The van der Waals surface area contributed by atoms with Crippen LogP contribution in [-0.2, 0) is 9.53 Å². The number of carbonyl (C=O) groups is 1. The van der Waals surface area contributed by atoms with Crippen molar-refractivity contribution in [3.63, 3.8) is 0 Å². The topological polar surface area (TPSA) is 132 Å². The van der Waals surface area contributed by atoms with Crippen LogP contribution in [0.1, 0.15) is 12.6 Å². The molecular formula is C28H32N8O3. The van der Waals surface area contributed by atoms with Gasteiger partial charge in [0, 0.05) is 37.1 Å². The summed E-state index contributed by atoms with van der Waals surface area (Å²) in [6, 6.07) is 5.22. The van der Waals surface area contributed by atoms with Crippen LogP contribution in [0.5, 0.6) is 5.75 Å². The van der Waals surface area contributed by atoms with Gasteiger partial charge in [0.05, 0.1) is 41.8 Å². The Balaban J connectivity index is 1.62. The first kappa shape index (κ1) is 27.4. The second-order valence-corrected chi connectivity index (χ2v) is 9.06. The highest BCUT2D eigenvalue weighted by Crippen LogP contribution is 2.32. The summed E-state index contributed by atoms with van der Waals surface area (Å²) < 4.78 is 5.43. The normalized spacial score (nSPS) is 14.7. The number of anilines is 3. The van der Waals surface area contributed by atoms with E-state index in [0.29, 0.717) is 78.2 Å². The molecule has 0 radical (unpaired) electrons. The monoisotopic (exact) mass is 528 g/mol. The third-order valence-corrected chi connectivity index (χ3v) is 5.92. The number of rotatable bonds is 9. The van der Waals surface area contributed by atoms with Crippen LogP contribution in [0, 0.1) is 12.3 Å². The summed E-state index contributed by atoms with van der Waals surface area (Å²) in [7, 11) is 3.85. The molecule has 1 aliphatic rings. The molecule has 4 rings (SSSR count). The van der Waals surface area contributed by atoms with E-state index in [2.05, 4.69) is 36.6 Å². The van der Waals surface area contributed by atoms with Crippen molar-refractivity contribution in [1.29, 1.82) is 0 Å². The van der Waals surface area contributed by atoms with E-state index in [1.807, 2.05) is 25.1 Å². The molecule has 0 atom stereocenters. The molecule has 11 heteroatoms. The average Bonchev–Trinajstić information content (AvgIpc) is 3.41. The fourth-order valence-corrected chi connectivity index (χ4v) is 3.96. The second-order valence-electron chi connectivity index (χ2n) is 9.06. The number of hydrogen-bond acceptors (Lipinski definition) is 9. The summed E-state index contributed by atoms with van der Waals surface area (Å²) in [6.07, 6.45) is 14.2. The number of terminal acetylenes is 1. The lowest BCUT2D eigenvalue weighted by molar-refractivity contribution is -0.115. The van der Waals surface area contributed by atoms with Crippen LogP contribution >= 0.6 is 0 Å². The molecule has 4 N–H and O–H groups in total. The van der Waals surface area contributed by atoms with E-state index in [9.17, 15) is 9.90 Å². The molecule has 3 aromatic rings. The highest BCUT2D eigenvalue weighted by atomic mass is 16.5. The summed E-state index contributed by atoms with van der Waals surface area (Å²) in [5, 5.41) is 24.1. The summed E-state index contributed by atoms with van der Waals surface area (Å²) in [4.78, 5) is 25.6. The van der Waals surface area contributed by atoms with Gasteiger partial charge in [-0.25, -0.2) is 4.98 Å². The van der Waals surface area contributed by atoms with Crippen molar-refractivity contribution in [1.82, 2.24) is 30.4 Å². The third kappa shape index (κ3) is 7.01. The van der Waals surface area contributed by atoms with Crippen molar-refractivity contribution in [2.75, 3.05) is 57.2 Å². The quantitative estimate of drug-likeness (QED) is 0.143. The molecule has 39 heavy (non-hydrogen) atoms. The second kappa shape index (κ2) is 12.7. The van der Waals surface area contributed by atoms with Gasteiger partial charge < -0.3 is 30.3 Å². The number of likely N-dealkylation sites (N-methyl/N-ethyl adjacent to an activating group) is 1. The molecule has 1 aromatic carbocycles. The minimum Gasteiger partial charge on any atom is -0.506 e. The first-order valence-corrected chi connectivity index (χ1v) is 12.5. The number of phenolic OH excluding ortho intramolecular Hbond substituents is 1. The van der Waals surface area contributed by atoms with E-state index in [-0.39, 0.29) is 11.7 Å². The van der Waals surface area contributed by atoms with Gasteiger partial charge in [-0.15, -0.1) is 6.42 Å². The van der Waals surface area contributed by atoms with Crippen molar-refractivity contribution in [3.05, 3.63) is 60.1 Å². The number of benzene rings is 1. The lowest BCUT2D eigenvalue weighted by Crippen LogP contribution is -2.36. The first-order chi connectivity index (χ1) is 18.9. The van der Waals surface area contributed by atoms with Gasteiger partial charge in [0.2, 0.25) is 11.9 Å². The highest BCUT2D eigenvalue weighted by Gasteiger charge is 2.17. The van der Waals surface area contributed by atoms with Crippen molar-refractivity contribution in [3.8, 4) is 18.1 Å². The molecule has 2 aromatic heterocycles. The molecule has 1 amide bonds. The standard InChI is InChI=1S/C28H32N8O3/c1-5-19(16-20(6-2)30-25(38)8-7-11-35(3)4)26-22-18-29-34-27(22)33-28(32-26)31-21-9-10-24(37)23(17-21)36-12-14-39-15-13-36/h1,6-10,16-18,37H,11-15H2,2-4H3,(H,30,38)(H2,29,31,32,33,34)/b8-7+,19-16+,20-6?. The van der Waals surface area contributed by atoms with Gasteiger partial charge in [0.1, 0.15) is 5.75 Å². The maximum Gasteiger partial charge on any atom is 0.248 e. The minimum absolute atomic E-state index is 0.183. The maximum absolute atomic E-state index is 12.4. The number of aromatic nitrogens is 4. The number of nitrogens with zero attached hydrogens (tertiary/aromatic N) is 5. The third-order valence-electron chi connectivity index (χ3n) is 5.92. The van der Waals surface area contributed by atoms with Crippen molar-refractivity contribution >= 4 is 39.8 Å². The number of fused-ring (bicyclic) bond motifs is 1. The highest BCUT2D eigenvalue weighted by molar-refractivity contribution is 5.95. The zero-order chi connectivity index (χ0) is 27.8. The Hall–Kier alpha value is -4.66. The Morgan fingerprint density at radius 3 is 2.82 bits per heavy atom. The number of aromatic amines is 1. The lowest BCUT2D eigenvalue weighted by Gasteiger charge is -2.29. The van der Waals surface area contributed by atoms with Crippen molar-refractivity contribution in [2.45, 2.75) is 6.92 Å². The van der Waals surface area contributed by atoms with Gasteiger partial charge in [-0.05, 0) is 45.3 Å². The number of hydrogen-bond donors (Lipinski definition) is 4. The number of aromatic hydroxyl groups is 1. The maximum atomic E-state index is 12.4. The van der Waals surface area contributed by atoms with Crippen LogP contribution in [0.4, 0.5) is 17.3 Å². The van der Waals surface area contributed by atoms with Crippen molar-refractivity contribution < 1.29 is 14.6 Å². The van der Waals surface area contributed by atoms with Crippen LogP contribution < -0.4 is 15.5 Å². The summed E-state index contributed by atoms with van der Waals surface area (Å²) >= 11 is 0. The largest absolute Gasteiger partial charge is 0.506 e. The molecule has 0 unspecified atom stereocenters. The Morgan fingerprint density at radius 2 is 2.10 bits per heavy atom. The Bertz CT molecular complexity index is 1460. The number of allylic oxidation sites excluding steroid dienone is 3. The number of morpholine rings is 1. The van der Waals surface area contributed by atoms with E-state index < -0.39 is 0 Å². The minimum atomic E-state index is -0.264. The summed E-state index contributed by atoms with van der Waals surface area (Å²) in [5.41, 5.74) is 3.33. The molecule has 0 spiro atoms. The average molecular weight is 529 g/mol. The van der Waals surface area contributed by atoms with Gasteiger partial charge in [-0.1, -0.05) is 18.1 Å². The van der Waals surface area contributed by atoms with Crippen LogP contribution in [0.15, 0.2) is 54.4 Å². The summed E-state index contributed by atoms with van der Waals surface area (Å²) in [5.74, 6) is 2.89. The number of ether oxygens (including phenoxy) is 1. The van der Waals surface area contributed by atoms with Crippen LogP contribution in [0.25, 0.3) is 16.6 Å². The molecule has 1 saturated heterocycles. The smallest absolute Gasteiger partial charge is 0.248 e. The number of phenols is 1. The molecule has 0 saturated carbocycles. The van der Waals surface area contributed by atoms with E-state index in [0.717, 1.165) is 0 Å². The zero-order valence-electron chi connectivity index (χ0n) is 22.2. The summed E-state index contributed by atoms with van der Waals surface area (Å²) in [6.45, 7) is 5.02. The fourth-order valence-electron chi connectivity index (χ4n) is 3.96. The fraction of sp³-hybridized carbons (Fsp3) is 0.286. The molecule has 3 heterocycles. The number of H-pyrrole nitrogens is 1. The molecule has 1 fully saturated rings. The molecule has 1 aliphatic heterocycles. The van der Waals surface area contributed by atoms with Gasteiger partial charge in [0.15, 0.2) is 5.65 Å². The number of nitrogens with one attached hydrogen (secondary N) is 3. The molecular weight excluding hydrogens is 496 g/mol.